The van der Waals surface area contributed by atoms with Crippen molar-refractivity contribution in [1.82, 2.24) is 19.5 Å². The van der Waals surface area contributed by atoms with Gasteiger partial charge >= 0.3 is 0 Å². The van der Waals surface area contributed by atoms with Crippen molar-refractivity contribution in [1.29, 1.82) is 0 Å². The van der Waals surface area contributed by atoms with Gasteiger partial charge in [0.25, 0.3) is 0 Å². The number of hydrogen-bond donors (Lipinski definition) is 0. The first-order valence-electron chi connectivity index (χ1n) is 10.8. The third kappa shape index (κ3) is 5.09. The van der Waals surface area contributed by atoms with Gasteiger partial charge in [0.15, 0.2) is 17.3 Å². The quantitative estimate of drug-likeness (QED) is 0.212. The van der Waals surface area contributed by atoms with Crippen LogP contribution in [0.1, 0.15) is 16.7 Å². The molecule has 3 aromatic carbocycles. The second-order valence-electron chi connectivity index (χ2n) is 7.98. The largest absolute Gasteiger partial charge is 0.346 e. The van der Waals surface area contributed by atoms with Gasteiger partial charge in [-0.2, -0.15) is 0 Å². The maximum atomic E-state index is 6.52. The van der Waals surface area contributed by atoms with Crippen LogP contribution in [0.25, 0.3) is 11.5 Å². The Bertz CT molecular complexity index is 1400. The SMILES string of the molecule is Clc1cccc(Cl)c1CN(Cc1ccccc1)c1ncn(Cc2c(Cl)cccc2Cl)c2ncnc1-2. The van der Waals surface area contributed by atoms with Gasteiger partial charge in [-0.15, -0.1) is 0 Å². The summed E-state index contributed by atoms with van der Waals surface area (Å²) >= 11 is 25.9. The number of aromatic nitrogens is 4. The Labute approximate surface area is 223 Å². The molecule has 35 heavy (non-hydrogen) atoms. The number of anilines is 1. The van der Waals surface area contributed by atoms with Crippen molar-refractivity contribution in [2.45, 2.75) is 19.6 Å². The monoisotopic (exact) mass is 541 g/mol. The molecule has 176 valence electrons. The van der Waals surface area contributed by atoms with Crippen LogP contribution in [0.3, 0.4) is 0 Å². The number of nitrogens with zero attached hydrogens (tertiary/aromatic N) is 5. The average molecular weight is 543 g/mol. The molecule has 0 atom stereocenters. The Kier molecular flexibility index (Phi) is 7.12. The van der Waals surface area contributed by atoms with Crippen LogP contribution in [0.5, 0.6) is 0 Å². The number of hydrogen-bond acceptors (Lipinski definition) is 4. The number of halogens is 4. The van der Waals surface area contributed by atoms with Crippen LogP contribution < -0.4 is 4.90 Å². The van der Waals surface area contributed by atoms with E-state index in [-0.39, 0.29) is 0 Å². The highest BCUT2D eigenvalue weighted by Gasteiger charge is 2.24. The number of fused-ring (bicyclic) bond motifs is 1. The minimum atomic E-state index is 0.413. The number of benzene rings is 3. The van der Waals surface area contributed by atoms with Gasteiger partial charge in [-0.1, -0.05) is 88.9 Å². The van der Waals surface area contributed by atoms with E-state index < -0.39 is 0 Å². The molecule has 3 aromatic rings. The minimum Gasteiger partial charge on any atom is -0.346 e. The Morgan fingerprint density at radius 2 is 1.29 bits per heavy atom. The van der Waals surface area contributed by atoms with Crippen molar-refractivity contribution < 1.29 is 0 Å². The van der Waals surface area contributed by atoms with Gasteiger partial charge in [-0.05, 0) is 29.8 Å². The zero-order valence-electron chi connectivity index (χ0n) is 18.4. The molecule has 0 bridgehead atoms. The molecule has 2 aliphatic rings. The first kappa shape index (κ1) is 23.9. The standard InChI is InChI=1S/C26H19Cl4N5/c27-20-8-4-9-21(28)18(20)13-34(12-17-6-2-1-3-7-17)26-24-25(32-15-31-24)35(16-33-26)14-19-22(29)10-5-11-23(19)30/h1-11,15-16H,12-14H2. The van der Waals surface area contributed by atoms with E-state index >= 15 is 0 Å². The molecular formula is C26H19Cl4N5. The lowest BCUT2D eigenvalue weighted by Gasteiger charge is -2.27. The molecule has 0 amide bonds. The molecule has 9 heteroatoms. The summed E-state index contributed by atoms with van der Waals surface area (Å²) in [6, 6.07) is 21.1. The van der Waals surface area contributed by atoms with Crippen LogP contribution in [0, 0.1) is 0 Å². The Balaban J connectivity index is 1.56. The van der Waals surface area contributed by atoms with Gasteiger partial charge in [-0.25, -0.2) is 15.0 Å². The molecule has 5 nitrogen and oxygen atoms in total. The van der Waals surface area contributed by atoms with Crippen molar-refractivity contribution in [3.63, 3.8) is 0 Å². The zero-order valence-corrected chi connectivity index (χ0v) is 21.4. The van der Waals surface area contributed by atoms with E-state index in [1.807, 2.05) is 59.2 Å². The Morgan fingerprint density at radius 1 is 0.657 bits per heavy atom. The summed E-state index contributed by atoms with van der Waals surface area (Å²) in [6.45, 7) is 1.44. The highest BCUT2D eigenvalue weighted by Crippen LogP contribution is 2.34. The van der Waals surface area contributed by atoms with E-state index in [1.165, 1.54) is 6.33 Å². The summed E-state index contributed by atoms with van der Waals surface area (Å²) in [5.74, 6) is 1.35. The predicted octanol–water partition coefficient (Wildman–Crippen LogP) is 7.65. The summed E-state index contributed by atoms with van der Waals surface area (Å²) in [4.78, 5) is 16.0. The fraction of sp³-hybridized carbons (Fsp3) is 0.115. The molecule has 0 N–H and O–H groups in total. The molecule has 0 unspecified atom stereocenters. The highest BCUT2D eigenvalue weighted by atomic mass is 35.5. The topological polar surface area (TPSA) is 46.8 Å². The van der Waals surface area contributed by atoms with Crippen LogP contribution in [-0.4, -0.2) is 19.5 Å². The molecule has 0 spiro atoms. The third-order valence-electron chi connectivity index (χ3n) is 5.70. The van der Waals surface area contributed by atoms with E-state index in [2.05, 4.69) is 27.0 Å². The minimum absolute atomic E-state index is 0.413. The van der Waals surface area contributed by atoms with E-state index in [0.29, 0.717) is 57.1 Å². The predicted molar refractivity (Wildman–Crippen MR) is 143 cm³/mol. The second-order valence-corrected chi connectivity index (χ2v) is 9.61. The molecule has 0 fully saturated rings. The van der Waals surface area contributed by atoms with E-state index in [1.54, 1.807) is 6.33 Å². The van der Waals surface area contributed by atoms with Gasteiger partial charge in [-0.3, -0.25) is 0 Å². The summed E-state index contributed by atoms with van der Waals surface area (Å²) in [5, 5.41) is 2.36. The van der Waals surface area contributed by atoms with E-state index in [0.717, 1.165) is 16.7 Å². The summed E-state index contributed by atoms with van der Waals surface area (Å²) in [7, 11) is 0. The van der Waals surface area contributed by atoms with Crippen molar-refractivity contribution >= 4 is 52.2 Å². The molecular weight excluding hydrogens is 524 g/mol. The fourth-order valence-corrected chi connectivity index (χ4v) is 4.99. The van der Waals surface area contributed by atoms with Crippen LogP contribution in [0.15, 0.2) is 79.4 Å². The summed E-state index contributed by atoms with van der Waals surface area (Å²) in [6.07, 6.45) is 3.27. The molecule has 0 saturated heterocycles. The maximum absolute atomic E-state index is 6.52. The van der Waals surface area contributed by atoms with Crippen molar-refractivity contribution in [3.8, 4) is 11.5 Å². The zero-order chi connectivity index (χ0) is 24.4. The van der Waals surface area contributed by atoms with Crippen LogP contribution in [-0.2, 0) is 19.6 Å². The van der Waals surface area contributed by atoms with E-state index in [4.69, 9.17) is 51.4 Å². The van der Waals surface area contributed by atoms with Crippen molar-refractivity contribution in [2.24, 2.45) is 0 Å². The van der Waals surface area contributed by atoms with Gasteiger partial charge in [0, 0.05) is 44.3 Å². The molecule has 0 saturated carbocycles. The molecule has 0 aliphatic carbocycles. The van der Waals surface area contributed by atoms with Crippen LogP contribution >= 0.6 is 46.4 Å². The first-order valence-corrected chi connectivity index (χ1v) is 12.3. The molecule has 2 aliphatic heterocycles. The summed E-state index contributed by atoms with van der Waals surface area (Å²) in [5.41, 5.74) is 3.39. The van der Waals surface area contributed by atoms with E-state index in [9.17, 15) is 0 Å². The number of rotatable bonds is 7. The third-order valence-corrected chi connectivity index (χ3v) is 7.11. The van der Waals surface area contributed by atoms with Gasteiger partial charge in [0.1, 0.15) is 6.33 Å². The van der Waals surface area contributed by atoms with Crippen LogP contribution in [0.4, 0.5) is 5.82 Å². The molecule has 2 heterocycles. The Hall–Kier alpha value is -2.83. The molecule has 0 radical (unpaired) electrons. The lowest BCUT2D eigenvalue weighted by molar-refractivity contribution is 0.732. The summed E-state index contributed by atoms with van der Waals surface area (Å²) < 4.78 is 1.89. The Morgan fingerprint density at radius 3 is 1.94 bits per heavy atom. The van der Waals surface area contributed by atoms with Crippen LogP contribution in [0.2, 0.25) is 20.1 Å². The maximum Gasteiger partial charge on any atom is 0.165 e. The van der Waals surface area contributed by atoms with Gasteiger partial charge < -0.3 is 9.47 Å². The number of imidazole rings is 1. The fourth-order valence-electron chi connectivity index (χ4n) is 3.95. The average Bonchev–Trinajstić information content (AvgIpc) is 3.34. The molecule has 5 rings (SSSR count). The normalized spacial score (nSPS) is 11.2. The smallest absolute Gasteiger partial charge is 0.165 e. The second kappa shape index (κ2) is 10.4. The first-order chi connectivity index (χ1) is 17.0. The molecule has 0 aromatic heterocycles. The highest BCUT2D eigenvalue weighted by molar-refractivity contribution is 6.36. The van der Waals surface area contributed by atoms with Crippen molar-refractivity contribution in [3.05, 3.63) is 116 Å². The van der Waals surface area contributed by atoms with Gasteiger partial charge in [0.05, 0.1) is 12.9 Å². The van der Waals surface area contributed by atoms with Crippen molar-refractivity contribution in [2.75, 3.05) is 4.90 Å². The lowest BCUT2D eigenvalue weighted by Crippen LogP contribution is -2.25. The van der Waals surface area contributed by atoms with Gasteiger partial charge in [0.2, 0.25) is 0 Å². The lowest BCUT2D eigenvalue weighted by atomic mass is 10.1.